The van der Waals surface area contributed by atoms with Crippen LogP contribution in [0.25, 0.3) is 0 Å². The lowest BCUT2D eigenvalue weighted by Crippen LogP contribution is -2.42. The molecule has 6 heteroatoms. The summed E-state index contributed by atoms with van der Waals surface area (Å²) >= 11 is 6.08. The number of carbonyl (C=O) groups is 1. The largest absolute Gasteiger partial charge is 0.328 e. The van der Waals surface area contributed by atoms with Crippen LogP contribution in [0.5, 0.6) is 0 Å². The minimum Gasteiger partial charge on any atom is -0.328 e. The molecule has 1 aromatic rings. The molecule has 2 heterocycles. The molecule has 0 atom stereocenters. The summed E-state index contributed by atoms with van der Waals surface area (Å²) in [6.07, 6.45) is 3.44. The van der Waals surface area contributed by atoms with Crippen molar-refractivity contribution >= 4 is 17.4 Å². The molecule has 0 radical (unpaired) electrons. The smallest absolute Gasteiger partial charge is 0.196 e. The Kier molecular flexibility index (Phi) is 4.60. The van der Waals surface area contributed by atoms with Gasteiger partial charge < -0.3 is 5.73 Å². The maximum absolute atomic E-state index is 12.4. The van der Waals surface area contributed by atoms with Gasteiger partial charge in [-0.1, -0.05) is 11.6 Å². The summed E-state index contributed by atoms with van der Waals surface area (Å²) in [5.74, 6) is 0.0340. The minimum absolute atomic E-state index is 0.0340. The number of nitrogens with two attached hydrogens (primary N) is 1. The van der Waals surface area contributed by atoms with Crippen LogP contribution in [0, 0.1) is 0 Å². The summed E-state index contributed by atoms with van der Waals surface area (Å²) in [7, 11) is 0. The normalized spacial score (nSPS) is 18.2. The fraction of sp³-hybridized carbons (Fsp3) is 0.692. The number of likely N-dealkylation sites (tertiary alicyclic amines) is 1. The molecular formula is C13H21ClN4O. The molecule has 2 rings (SSSR count). The van der Waals surface area contributed by atoms with Crippen LogP contribution in [0.3, 0.4) is 0 Å². The van der Waals surface area contributed by atoms with Crippen LogP contribution < -0.4 is 5.73 Å². The van der Waals surface area contributed by atoms with E-state index in [-0.39, 0.29) is 17.9 Å². The molecule has 1 fully saturated rings. The van der Waals surface area contributed by atoms with E-state index >= 15 is 0 Å². The van der Waals surface area contributed by atoms with E-state index in [1.807, 2.05) is 13.8 Å². The number of carbonyl (C=O) groups excluding carboxylic acids is 1. The fourth-order valence-corrected chi connectivity index (χ4v) is 2.62. The Morgan fingerprint density at radius 2 is 2.16 bits per heavy atom. The number of hydrogen-bond donors (Lipinski definition) is 1. The Morgan fingerprint density at radius 1 is 1.53 bits per heavy atom. The Bertz CT molecular complexity index is 449. The number of halogens is 1. The van der Waals surface area contributed by atoms with Gasteiger partial charge in [-0.2, -0.15) is 5.10 Å². The topological polar surface area (TPSA) is 64.2 Å². The lowest BCUT2D eigenvalue weighted by atomic mass is 10.1. The molecule has 1 saturated heterocycles. The van der Waals surface area contributed by atoms with E-state index in [1.54, 1.807) is 10.9 Å². The zero-order valence-electron chi connectivity index (χ0n) is 11.5. The molecule has 5 nitrogen and oxygen atoms in total. The summed E-state index contributed by atoms with van der Waals surface area (Å²) in [6.45, 7) is 6.12. The van der Waals surface area contributed by atoms with Crippen molar-refractivity contribution in [2.75, 3.05) is 19.6 Å². The maximum atomic E-state index is 12.4. The Morgan fingerprint density at radius 3 is 2.74 bits per heavy atom. The van der Waals surface area contributed by atoms with Gasteiger partial charge in [-0.25, -0.2) is 0 Å². The molecule has 0 saturated carbocycles. The maximum Gasteiger partial charge on any atom is 0.196 e. The van der Waals surface area contributed by atoms with E-state index < -0.39 is 0 Å². The lowest BCUT2D eigenvalue weighted by Gasteiger charge is -2.29. The van der Waals surface area contributed by atoms with Gasteiger partial charge in [0.05, 0.1) is 17.8 Å². The molecule has 0 bridgehead atoms. The van der Waals surface area contributed by atoms with Gasteiger partial charge in [-0.3, -0.25) is 14.4 Å². The first-order valence-corrected chi connectivity index (χ1v) is 7.11. The van der Waals surface area contributed by atoms with Crippen LogP contribution in [0.2, 0.25) is 5.02 Å². The zero-order valence-corrected chi connectivity index (χ0v) is 12.2. The van der Waals surface area contributed by atoms with Crippen molar-refractivity contribution in [2.24, 2.45) is 5.73 Å². The molecule has 0 unspecified atom stereocenters. The predicted octanol–water partition coefficient (Wildman–Crippen LogP) is 1.72. The highest BCUT2D eigenvalue weighted by molar-refractivity contribution is 6.33. The first-order chi connectivity index (χ1) is 8.99. The molecule has 1 aliphatic heterocycles. The standard InChI is InChI=1S/C13H21ClN4O/c1-9(2)18-13(11(14)7-16-18)12(19)8-17-5-3-10(15)4-6-17/h7,9-10H,3-6,8,15H2,1-2H3. The van der Waals surface area contributed by atoms with E-state index in [0.29, 0.717) is 17.3 Å². The first kappa shape index (κ1) is 14.5. The molecule has 0 aliphatic carbocycles. The summed E-state index contributed by atoms with van der Waals surface area (Å²) in [4.78, 5) is 14.5. The number of hydrogen-bond acceptors (Lipinski definition) is 4. The van der Waals surface area contributed by atoms with Crippen LogP contribution >= 0.6 is 11.6 Å². The number of Topliss-reactive ketones (excluding diaryl/α,β-unsaturated/α-hetero) is 1. The van der Waals surface area contributed by atoms with Crippen molar-refractivity contribution in [2.45, 2.75) is 38.8 Å². The van der Waals surface area contributed by atoms with Gasteiger partial charge in [0.2, 0.25) is 0 Å². The highest BCUT2D eigenvalue weighted by Crippen LogP contribution is 2.20. The summed E-state index contributed by atoms with van der Waals surface area (Å²) in [5, 5.41) is 4.60. The highest BCUT2D eigenvalue weighted by atomic mass is 35.5. The number of aromatic nitrogens is 2. The molecule has 1 aliphatic rings. The third-order valence-corrected chi connectivity index (χ3v) is 3.78. The molecule has 0 spiro atoms. The number of piperidine rings is 1. The van der Waals surface area contributed by atoms with Gasteiger partial charge in [0.25, 0.3) is 0 Å². The second-order valence-electron chi connectivity index (χ2n) is 5.42. The average Bonchev–Trinajstić information content (AvgIpc) is 2.74. The van der Waals surface area contributed by atoms with E-state index in [4.69, 9.17) is 17.3 Å². The van der Waals surface area contributed by atoms with E-state index in [0.717, 1.165) is 25.9 Å². The van der Waals surface area contributed by atoms with Crippen LogP contribution in [0.1, 0.15) is 43.2 Å². The highest BCUT2D eigenvalue weighted by Gasteiger charge is 2.23. The van der Waals surface area contributed by atoms with Crippen LogP contribution in [-0.2, 0) is 0 Å². The first-order valence-electron chi connectivity index (χ1n) is 6.73. The second kappa shape index (κ2) is 6.03. The summed E-state index contributed by atoms with van der Waals surface area (Å²) in [6, 6.07) is 0.400. The van der Waals surface area contributed by atoms with Crippen molar-refractivity contribution in [1.82, 2.24) is 14.7 Å². The Hall–Kier alpha value is -0.910. The molecule has 0 amide bonds. The second-order valence-corrected chi connectivity index (χ2v) is 5.82. The molecule has 1 aromatic heterocycles. The fourth-order valence-electron chi connectivity index (χ4n) is 2.38. The number of ketones is 1. The van der Waals surface area contributed by atoms with Gasteiger partial charge >= 0.3 is 0 Å². The Balaban J connectivity index is 2.06. The molecule has 106 valence electrons. The third-order valence-electron chi connectivity index (χ3n) is 3.50. The SMILES string of the molecule is CC(C)n1ncc(Cl)c1C(=O)CN1CCC(N)CC1. The predicted molar refractivity (Wildman–Crippen MR) is 75.6 cm³/mol. The quantitative estimate of drug-likeness (QED) is 0.855. The molecule has 2 N–H and O–H groups in total. The van der Waals surface area contributed by atoms with Crippen molar-refractivity contribution < 1.29 is 4.79 Å². The van der Waals surface area contributed by atoms with E-state index in [1.165, 1.54) is 0 Å². The van der Waals surface area contributed by atoms with E-state index in [2.05, 4.69) is 10.00 Å². The van der Waals surface area contributed by atoms with Crippen LogP contribution in [0.15, 0.2) is 6.20 Å². The zero-order chi connectivity index (χ0) is 14.0. The molecule has 0 aromatic carbocycles. The van der Waals surface area contributed by atoms with Gasteiger partial charge in [-0.15, -0.1) is 0 Å². The minimum atomic E-state index is 0.0340. The third kappa shape index (κ3) is 3.35. The van der Waals surface area contributed by atoms with Gasteiger partial charge in [0.1, 0.15) is 5.69 Å². The lowest BCUT2D eigenvalue weighted by molar-refractivity contribution is 0.0897. The monoisotopic (exact) mass is 284 g/mol. The molecule has 19 heavy (non-hydrogen) atoms. The summed E-state index contributed by atoms with van der Waals surface area (Å²) in [5.41, 5.74) is 6.38. The van der Waals surface area contributed by atoms with Crippen molar-refractivity contribution in [3.8, 4) is 0 Å². The average molecular weight is 285 g/mol. The Labute approximate surface area is 118 Å². The van der Waals surface area contributed by atoms with Crippen LogP contribution in [-0.4, -0.2) is 46.1 Å². The van der Waals surface area contributed by atoms with Gasteiger partial charge in [0, 0.05) is 25.2 Å². The van der Waals surface area contributed by atoms with E-state index in [9.17, 15) is 4.79 Å². The number of nitrogens with zero attached hydrogens (tertiary/aromatic N) is 3. The van der Waals surface area contributed by atoms with Gasteiger partial charge in [0.15, 0.2) is 5.78 Å². The van der Waals surface area contributed by atoms with Crippen molar-refractivity contribution in [1.29, 1.82) is 0 Å². The number of rotatable bonds is 4. The summed E-state index contributed by atoms with van der Waals surface area (Å²) < 4.78 is 1.69. The van der Waals surface area contributed by atoms with Gasteiger partial charge in [-0.05, 0) is 26.7 Å². The molecular weight excluding hydrogens is 264 g/mol. The van der Waals surface area contributed by atoms with Crippen molar-refractivity contribution in [3.63, 3.8) is 0 Å². The van der Waals surface area contributed by atoms with Crippen LogP contribution in [0.4, 0.5) is 0 Å². The van der Waals surface area contributed by atoms with Crippen molar-refractivity contribution in [3.05, 3.63) is 16.9 Å².